The zero-order valence-corrected chi connectivity index (χ0v) is 7.10. The molecule has 0 N–H and O–H groups in total. The van der Waals surface area contributed by atoms with E-state index < -0.39 is 4.74 Å². The third kappa shape index (κ3) is 6.25. The third-order valence-corrected chi connectivity index (χ3v) is 0.720. The van der Waals surface area contributed by atoms with Gasteiger partial charge in [-0.15, -0.1) is 0 Å². The zero-order valence-electron chi connectivity index (χ0n) is 4.36. The van der Waals surface area contributed by atoms with E-state index >= 15 is 0 Å². The molecule has 0 radical (unpaired) electrons. The Morgan fingerprint density at radius 3 is 2.50 bits per heavy atom. The highest BCUT2D eigenvalue weighted by Gasteiger charge is 1.79. The smallest absolute Gasteiger partial charge is 0.183 e. The van der Waals surface area contributed by atoms with Gasteiger partial charge in [-0.05, 0) is 22.9 Å². The van der Waals surface area contributed by atoms with Crippen molar-refractivity contribution in [3.05, 3.63) is 10.9 Å². The van der Waals surface area contributed by atoms with E-state index in [9.17, 15) is 4.39 Å². The summed E-state index contributed by atoms with van der Waals surface area (Å²) < 4.78 is 11.3. The number of halogens is 2. The largest absolute Gasteiger partial charge is 0.258 e. The average Bonchev–Trinajstić information content (AvgIpc) is 1.61. The van der Waals surface area contributed by atoms with E-state index in [4.69, 9.17) is 0 Å². The summed E-state index contributed by atoms with van der Waals surface area (Å²) in [6.45, 7) is 1.76. The second-order valence-corrected chi connectivity index (χ2v) is 2.78. The Labute approximate surface area is 58.4 Å². The Hall–Kier alpha value is 0.250. The lowest BCUT2D eigenvalue weighted by Crippen LogP contribution is -1.68. The Morgan fingerprint density at radius 2 is 2.38 bits per heavy atom. The highest BCUT2D eigenvalue weighted by molar-refractivity contribution is 9.11. The summed E-state index contributed by atoms with van der Waals surface area (Å²) in [6.07, 6.45) is 1.10. The monoisotopic (exact) mass is 197 g/mol. The van der Waals surface area contributed by atoms with Crippen molar-refractivity contribution >= 4 is 30.6 Å². The highest BCUT2D eigenvalue weighted by atomic mass is 79.9. The van der Waals surface area contributed by atoms with Crippen LogP contribution in [0, 0.1) is 0 Å². The maximum atomic E-state index is 11.7. The quantitative estimate of drug-likeness (QED) is 0.453. The van der Waals surface area contributed by atoms with Gasteiger partial charge in [-0.25, -0.2) is 0 Å². The first-order chi connectivity index (χ1) is 3.63. The minimum atomic E-state index is -0.459. The van der Waals surface area contributed by atoms with E-state index in [0.29, 0.717) is 0 Å². The number of hydrogen-bond acceptors (Lipinski definition) is 1. The predicted molar refractivity (Wildman–Crippen MR) is 40.9 cm³/mol. The van der Waals surface area contributed by atoms with Gasteiger partial charge in [0.2, 0.25) is 0 Å². The Bertz CT molecular complexity index is 108. The number of aliphatic imine (C=N–C) groups is 1. The van der Waals surface area contributed by atoms with Gasteiger partial charge in [0.15, 0.2) is 4.74 Å². The van der Waals surface area contributed by atoms with Crippen molar-refractivity contribution < 1.29 is 4.39 Å². The van der Waals surface area contributed by atoms with Gasteiger partial charge in [0.25, 0.3) is 0 Å². The maximum absolute atomic E-state index is 11.7. The lowest BCUT2D eigenvalue weighted by atomic mass is 10.8. The molecule has 0 aliphatic carbocycles. The molecule has 0 aromatic carbocycles. The van der Waals surface area contributed by atoms with Gasteiger partial charge in [-0.2, -0.15) is 4.39 Å². The minimum Gasteiger partial charge on any atom is -0.258 e. The molecule has 1 atom stereocenters. The molecule has 46 valence electrons. The average molecular weight is 198 g/mol. The van der Waals surface area contributed by atoms with Crippen molar-refractivity contribution in [2.75, 3.05) is 0 Å². The summed E-state index contributed by atoms with van der Waals surface area (Å²) in [5.41, 5.74) is 0.750. The van der Waals surface area contributed by atoms with Gasteiger partial charge in [-0.1, -0.05) is 9.24 Å². The van der Waals surface area contributed by atoms with Crippen LogP contribution < -0.4 is 0 Å². The third-order valence-electron chi connectivity index (χ3n) is 0.366. The van der Waals surface area contributed by atoms with Gasteiger partial charge in [0.05, 0.1) is 6.20 Å². The fourth-order valence-electron chi connectivity index (χ4n) is 0.151. The van der Waals surface area contributed by atoms with Crippen LogP contribution in [0.3, 0.4) is 0 Å². The van der Waals surface area contributed by atoms with E-state index in [1.165, 1.54) is 0 Å². The van der Waals surface area contributed by atoms with Crippen molar-refractivity contribution in [3.63, 3.8) is 0 Å². The van der Waals surface area contributed by atoms with Crippen molar-refractivity contribution in [2.45, 2.75) is 6.92 Å². The molecule has 0 aromatic rings. The van der Waals surface area contributed by atoms with E-state index in [1.807, 2.05) is 0 Å². The molecule has 0 fully saturated rings. The van der Waals surface area contributed by atoms with Gasteiger partial charge in [0.1, 0.15) is 0 Å². The number of rotatable bonds is 1. The van der Waals surface area contributed by atoms with Crippen LogP contribution in [-0.2, 0) is 0 Å². The van der Waals surface area contributed by atoms with E-state index in [2.05, 4.69) is 30.2 Å². The molecule has 4 heteroatoms. The molecular formula is C4H6BrFNP. The molecule has 8 heavy (non-hydrogen) atoms. The van der Waals surface area contributed by atoms with Crippen LogP contribution in [0.2, 0.25) is 0 Å². The van der Waals surface area contributed by atoms with Crippen molar-refractivity contribution in [1.29, 1.82) is 0 Å². The first-order valence-corrected chi connectivity index (χ1v) is 3.31. The van der Waals surface area contributed by atoms with Crippen LogP contribution in [0.5, 0.6) is 0 Å². The molecule has 0 saturated heterocycles. The molecule has 0 amide bonds. The van der Waals surface area contributed by atoms with Crippen LogP contribution in [0.15, 0.2) is 15.9 Å². The summed E-state index contributed by atoms with van der Waals surface area (Å²) in [5.74, 6) is 0. The Balaban J connectivity index is 3.76. The summed E-state index contributed by atoms with van der Waals surface area (Å²) in [6, 6.07) is 0. The molecule has 0 saturated carbocycles. The van der Waals surface area contributed by atoms with Gasteiger partial charge in [-0.3, -0.25) is 4.99 Å². The summed E-state index contributed by atoms with van der Waals surface area (Å²) >= 11 is 2.58. The normalized spacial score (nSPS) is 14.5. The topological polar surface area (TPSA) is 12.4 Å². The van der Waals surface area contributed by atoms with Crippen LogP contribution in [0.1, 0.15) is 6.92 Å². The first kappa shape index (κ1) is 8.25. The molecule has 0 heterocycles. The molecule has 0 spiro atoms. The molecule has 0 aliphatic rings. The Morgan fingerprint density at radius 1 is 1.88 bits per heavy atom. The van der Waals surface area contributed by atoms with Crippen LogP contribution in [0.25, 0.3) is 0 Å². The van der Waals surface area contributed by atoms with Gasteiger partial charge >= 0.3 is 0 Å². The number of hydrogen-bond donors (Lipinski definition) is 0. The first-order valence-electron chi connectivity index (χ1n) is 1.94. The molecule has 0 bridgehead atoms. The fourth-order valence-corrected chi connectivity index (χ4v) is 0.328. The SMILES string of the molecule is CC(P)=N/C=C(\F)Br. The second-order valence-electron chi connectivity index (χ2n) is 1.19. The standard InChI is InChI=1S/C4H6BrFNP/c1-3(8)7-2-4(5)6/h2H,8H2,1H3/b4-2-,7-3?. The lowest BCUT2D eigenvalue weighted by Gasteiger charge is -1.80. The van der Waals surface area contributed by atoms with E-state index in [1.54, 1.807) is 6.92 Å². The molecular weight excluding hydrogens is 192 g/mol. The fraction of sp³-hybridized carbons (Fsp3) is 0.250. The highest BCUT2D eigenvalue weighted by Crippen LogP contribution is 2.05. The minimum absolute atomic E-state index is 0.459. The molecule has 0 aliphatic heterocycles. The molecule has 1 unspecified atom stereocenters. The number of nitrogens with zero attached hydrogens (tertiary/aromatic N) is 1. The summed E-state index contributed by atoms with van der Waals surface area (Å²) in [5, 5.41) is 0. The van der Waals surface area contributed by atoms with Crippen LogP contribution in [-0.4, -0.2) is 5.45 Å². The predicted octanol–water partition coefficient (Wildman–Crippen LogP) is 2.44. The van der Waals surface area contributed by atoms with Crippen molar-refractivity contribution in [1.82, 2.24) is 0 Å². The van der Waals surface area contributed by atoms with Crippen molar-refractivity contribution in [3.8, 4) is 0 Å². The van der Waals surface area contributed by atoms with Crippen LogP contribution >= 0.6 is 25.2 Å². The second kappa shape index (κ2) is 4.16. The van der Waals surface area contributed by atoms with Crippen molar-refractivity contribution in [2.24, 2.45) is 4.99 Å². The van der Waals surface area contributed by atoms with E-state index in [0.717, 1.165) is 11.7 Å². The maximum Gasteiger partial charge on any atom is 0.183 e. The van der Waals surface area contributed by atoms with Crippen LogP contribution in [0.4, 0.5) is 4.39 Å². The molecule has 0 rings (SSSR count). The molecule has 1 nitrogen and oxygen atoms in total. The summed E-state index contributed by atoms with van der Waals surface area (Å²) in [4.78, 5) is 3.62. The van der Waals surface area contributed by atoms with Gasteiger partial charge in [0, 0.05) is 5.45 Å². The van der Waals surface area contributed by atoms with E-state index in [-0.39, 0.29) is 0 Å². The Kier molecular flexibility index (Phi) is 4.29. The lowest BCUT2D eigenvalue weighted by molar-refractivity contribution is 0.702. The zero-order chi connectivity index (χ0) is 6.57. The van der Waals surface area contributed by atoms with Gasteiger partial charge < -0.3 is 0 Å². The summed E-state index contributed by atoms with van der Waals surface area (Å²) in [7, 11) is 2.34. The molecule has 0 aromatic heterocycles.